The summed E-state index contributed by atoms with van der Waals surface area (Å²) in [6.45, 7) is 8.90. The highest BCUT2D eigenvalue weighted by molar-refractivity contribution is 6.87. The summed E-state index contributed by atoms with van der Waals surface area (Å²) in [5.41, 5.74) is 0. The van der Waals surface area contributed by atoms with Gasteiger partial charge in [0.15, 0.2) is 0 Å². The van der Waals surface area contributed by atoms with Crippen LogP contribution in [0.15, 0.2) is 0 Å². The van der Waals surface area contributed by atoms with Gasteiger partial charge in [-0.3, -0.25) is 0 Å². The number of hydrogen-bond donors (Lipinski definition) is 0. The van der Waals surface area contributed by atoms with Gasteiger partial charge in [-0.2, -0.15) is 24.9 Å². The molecule has 0 aromatic carbocycles. The molecule has 0 aliphatic carbocycles. The summed E-state index contributed by atoms with van der Waals surface area (Å²) >= 11 is 0. The van der Waals surface area contributed by atoms with Crippen molar-refractivity contribution in [2.75, 3.05) is 0 Å². The van der Waals surface area contributed by atoms with Gasteiger partial charge in [-0.25, -0.2) is 0 Å². The van der Waals surface area contributed by atoms with Crippen molar-refractivity contribution in [3.8, 4) is 11.7 Å². The molecule has 1 heteroatoms. The predicted octanol–water partition coefficient (Wildman–Crippen LogP) is 3.45. The molecule has 0 heterocycles. The van der Waals surface area contributed by atoms with E-state index in [1.54, 1.807) is 0 Å². The Morgan fingerprint density at radius 1 is 0.909 bits per heavy atom. The quantitative estimate of drug-likeness (QED) is 0.428. The first-order chi connectivity index (χ1) is 5.24. The molecule has 0 aromatic rings. The van der Waals surface area contributed by atoms with E-state index in [1.807, 2.05) is 0 Å². The molecule has 11 heavy (non-hydrogen) atoms. The fraction of sp³-hybridized carbons (Fsp3) is 0.800. The second kappa shape index (κ2) is 5.30. The Labute approximate surface area is 71.7 Å². The molecule has 64 valence electrons. The molecule has 0 saturated carbocycles. The monoisotopic (exact) mass is 151 g/mol. The molecule has 0 N–H and O–H groups in total. The van der Waals surface area contributed by atoms with Crippen molar-refractivity contribution in [3.05, 3.63) is 0 Å². The maximum atomic E-state index is 3.44. The van der Waals surface area contributed by atoms with Crippen LogP contribution in [0.1, 0.15) is 34.1 Å². The third-order valence-corrected chi connectivity index (χ3v) is 2.93. The van der Waals surface area contributed by atoms with E-state index in [9.17, 15) is 0 Å². The summed E-state index contributed by atoms with van der Waals surface area (Å²) in [5.74, 6) is 6.66. The minimum absolute atomic E-state index is 0.321. The van der Waals surface area contributed by atoms with E-state index < -0.39 is 0 Å². The van der Waals surface area contributed by atoms with Gasteiger partial charge in [-0.05, 0) is 0 Å². The van der Waals surface area contributed by atoms with E-state index in [-0.39, 0.29) is 6.15 Å². The number of hydrogen-bond acceptors (Lipinski definition) is 0. The lowest BCUT2D eigenvalue weighted by Gasteiger charge is -2.29. The van der Waals surface area contributed by atoms with Crippen molar-refractivity contribution >= 4 is 6.15 Å². The van der Waals surface area contributed by atoms with Gasteiger partial charge in [0, 0.05) is 6.42 Å². The van der Waals surface area contributed by atoms with Gasteiger partial charge in [0.2, 0.25) is 0 Å². The highest BCUT2D eigenvalue weighted by Gasteiger charge is 2.14. The van der Waals surface area contributed by atoms with Crippen LogP contribution in [0.25, 0.3) is 0 Å². The van der Waals surface area contributed by atoms with Gasteiger partial charge in [-0.1, -0.05) is 27.7 Å². The van der Waals surface area contributed by atoms with Gasteiger partial charge in [-0.15, -0.1) is 0 Å². The van der Waals surface area contributed by atoms with E-state index in [0.717, 1.165) is 6.42 Å². The van der Waals surface area contributed by atoms with Crippen LogP contribution in [0.4, 0.5) is 0 Å². The van der Waals surface area contributed by atoms with Crippen LogP contribution in [-0.2, 0) is 0 Å². The molecule has 0 bridgehead atoms. The zero-order chi connectivity index (χ0) is 8.74. The van der Waals surface area contributed by atoms with Gasteiger partial charge in [0.25, 0.3) is 0 Å². The lowest BCUT2D eigenvalue weighted by molar-refractivity contribution is 1.20. The van der Waals surface area contributed by atoms with E-state index >= 15 is 0 Å². The minimum Gasteiger partial charge on any atom is -0.315 e. The standard InChI is InChI=1S/C10H20B/c1-5-9-10-11(6-2,7-3)8-4/h5-8H2,1-4H3/q-1. The summed E-state index contributed by atoms with van der Waals surface area (Å²) < 4.78 is 0. The van der Waals surface area contributed by atoms with Crippen LogP contribution in [0.2, 0.25) is 19.0 Å². The minimum atomic E-state index is -0.321. The average molecular weight is 151 g/mol. The topological polar surface area (TPSA) is 0 Å². The molecule has 0 radical (unpaired) electrons. The van der Waals surface area contributed by atoms with Crippen molar-refractivity contribution in [2.45, 2.75) is 53.1 Å². The molecular formula is C10H20B-. The van der Waals surface area contributed by atoms with Crippen molar-refractivity contribution < 1.29 is 0 Å². The van der Waals surface area contributed by atoms with Crippen LogP contribution < -0.4 is 0 Å². The van der Waals surface area contributed by atoms with Gasteiger partial charge in [0.05, 0.1) is 6.15 Å². The van der Waals surface area contributed by atoms with Crippen molar-refractivity contribution in [1.82, 2.24) is 0 Å². The molecule has 0 saturated heterocycles. The zero-order valence-corrected chi connectivity index (χ0v) is 8.41. The first kappa shape index (κ1) is 10.6. The van der Waals surface area contributed by atoms with Crippen LogP contribution in [0, 0.1) is 11.7 Å². The Morgan fingerprint density at radius 2 is 1.36 bits per heavy atom. The highest BCUT2D eigenvalue weighted by Crippen LogP contribution is 2.18. The Kier molecular flexibility index (Phi) is 5.12. The largest absolute Gasteiger partial charge is 0.315 e. The van der Waals surface area contributed by atoms with Crippen LogP contribution in [0.5, 0.6) is 0 Å². The molecule has 0 aliphatic rings. The molecule has 0 spiro atoms. The summed E-state index contributed by atoms with van der Waals surface area (Å²) in [6.07, 6.45) is 4.43. The smallest absolute Gasteiger partial charge is 0.0700 e. The zero-order valence-electron chi connectivity index (χ0n) is 8.41. The molecule has 0 atom stereocenters. The molecule has 0 rings (SSSR count). The van der Waals surface area contributed by atoms with Crippen molar-refractivity contribution in [2.24, 2.45) is 0 Å². The van der Waals surface area contributed by atoms with Gasteiger partial charge in [0.1, 0.15) is 0 Å². The van der Waals surface area contributed by atoms with Crippen LogP contribution in [-0.4, -0.2) is 6.15 Å². The first-order valence-corrected chi connectivity index (χ1v) is 4.95. The van der Waals surface area contributed by atoms with E-state index in [1.165, 1.54) is 19.0 Å². The summed E-state index contributed by atoms with van der Waals surface area (Å²) in [4.78, 5) is 0. The van der Waals surface area contributed by atoms with Crippen molar-refractivity contribution in [3.63, 3.8) is 0 Å². The maximum absolute atomic E-state index is 3.44. The highest BCUT2D eigenvalue weighted by atomic mass is 13.8. The van der Waals surface area contributed by atoms with Gasteiger partial charge < -0.3 is 5.82 Å². The second-order valence-corrected chi connectivity index (χ2v) is 3.38. The van der Waals surface area contributed by atoms with E-state index in [2.05, 4.69) is 39.4 Å². The molecule has 0 unspecified atom stereocenters. The van der Waals surface area contributed by atoms with Gasteiger partial charge >= 0.3 is 0 Å². The molecule has 0 nitrogen and oxygen atoms in total. The lowest BCUT2D eigenvalue weighted by atomic mass is 9.21. The SMILES string of the molecule is CCC#C[B-](CC)(CC)CC. The number of rotatable bonds is 3. The average Bonchev–Trinajstić information content (AvgIpc) is 2.08. The second-order valence-electron chi connectivity index (χ2n) is 3.38. The van der Waals surface area contributed by atoms with E-state index in [4.69, 9.17) is 0 Å². The Balaban J connectivity index is 4.28. The normalized spacial score (nSPS) is 10.5. The molecule has 0 amide bonds. The Bertz CT molecular complexity index is 138. The fourth-order valence-electron chi connectivity index (χ4n) is 1.49. The third-order valence-electron chi connectivity index (χ3n) is 2.93. The molecular weight excluding hydrogens is 131 g/mol. The predicted molar refractivity (Wildman–Crippen MR) is 55.3 cm³/mol. The third kappa shape index (κ3) is 3.01. The Morgan fingerprint density at radius 3 is 1.64 bits per heavy atom. The first-order valence-electron chi connectivity index (χ1n) is 4.95. The lowest BCUT2D eigenvalue weighted by Crippen LogP contribution is -2.29. The van der Waals surface area contributed by atoms with E-state index in [0.29, 0.717) is 0 Å². The maximum Gasteiger partial charge on any atom is 0.0700 e. The van der Waals surface area contributed by atoms with Crippen LogP contribution in [0.3, 0.4) is 0 Å². The summed E-state index contributed by atoms with van der Waals surface area (Å²) in [7, 11) is 0. The molecule has 0 fully saturated rings. The molecule has 0 aromatic heterocycles. The summed E-state index contributed by atoms with van der Waals surface area (Å²) in [5, 5.41) is 0. The summed E-state index contributed by atoms with van der Waals surface area (Å²) in [6, 6.07) is 0. The fourth-order valence-corrected chi connectivity index (χ4v) is 1.49. The molecule has 0 aliphatic heterocycles. The Hall–Kier alpha value is -0.375. The van der Waals surface area contributed by atoms with Crippen molar-refractivity contribution in [1.29, 1.82) is 0 Å². The van der Waals surface area contributed by atoms with Crippen LogP contribution >= 0.6 is 0 Å².